The van der Waals surface area contributed by atoms with Crippen LogP contribution in [0.1, 0.15) is 326 Å². The summed E-state index contributed by atoms with van der Waals surface area (Å²) in [5.74, 6) is 0. The second-order valence-electron chi connectivity index (χ2n) is 26.4. The molecule has 64 heavy (non-hydrogen) atoms. The second-order valence-corrected chi connectivity index (χ2v) is 32.0. The summed E-state index contributed by atoms with van der Waals surface area (Å²) >= 11 is 0. The van der Waals surface area contributed by atoms with Crippen molar-refractivity contribution in [2.45, 2.75) is 363 Å². The summed E-state index contributed by atoms with van der Waals surface area (Å²) in [5, 5.41) is 0. The molecule has 0 atom stereocenters. The number of hydrogen-bond donors (Lipinski definition) is 0. The van der Waals surface area contributed by atoms with E-state index in [-0.39, 0.29) is 44.6 Å². The Balaban J connectivity index is -0.0000000651. The number of likely N-dealkylation sites (tertiary alicyclic amines) is 1. The Bertz CT molecular complexity index is 933. The van der Waals surface area contributed by atoms with E-state index in [1.165, 1.54) is 128 Å². The normalized spacial score (nSPS) is 18.4. The Labute approximate surface area is 419 Å². The summed E-state index contributed by atoms with van der Waals surface area (Å²) in [5.41, 5.74) is 7.07. The van der Waals surface area contributed by atoms with E-state index in [0.717, 1.165) is 5.41 Å². The van der Waals surface area contributed by atoms with Crippen LogP contribution in [0.15, 0.2) is 11.1 Å². The lowest BCUT2D eigenvalue weighted by Crippen LogP contribution is -2.44. The zero-order valence-corrected chi connectivity index (χ0v) is 47.6. The van der Waals surface area contributed by atoms with Crippen molar-refractivity contribution in [1.29, 1.82) is 0 Å². The molecule has 4 aliphatic rings. The standard InChI is InChI=1S/C10H22.C9H19N.C9H18.C7H18Si.C6H10.C6H14.C5H10.C4H10.6CH4/c1-9(2,3)7-8-10(4,5)6;1-8(2)6-7-9(3,4)10(8)5;1-8(2)5-6-9(3,4)7-8;1-5-6-7-8(2,3)4;1-5-3-4-6(5)2;1-3-5-6-4-2;1-5(2)3-4-5;1-3-4-2;;;;;;/h7-8H2,1-6H3;6-7H2,1-5H3;5-7H2,1-4H3;5-7H2,1-4H3;3-4H2,1-2H3;3-6H2,1-2H3;3-4H2,1-2H3;3-4H2,1-2H3;6*1H4. The number of rotatable bonds is 8. The molecule has 0 aromatic rings. The molecule has 0 amide bonds. The summed E-state index contributed by atoms with van der Waals surface area (Å²) in [6.07, 6.45) is 26.1. The van der Waals surface area contributed by atoms with E-state index in [9.17, 15) is 0 Å². The van der Waals surface area contributed by atoms with Gasteiger partial charge in [-0.05, 0) is 146 Å². The third kappa shape index (κ3) is 59.9. The van der Waals surface area contributed by atoms with Crippen LogP contribution in [-0.4, -0.2) is 31.1 Å². The summed E-state index contributed by atoms with van der Waals surface area (Å²) < 4.78 is 0. The van der Waals surface area contributed by atoms with Crippen LogP contribution in [0.3, 0.4) is 0 Å². The first-order valence-electron chi connectivity index (χ1n) is 25.3. The molecule has 1 saturated heterocycles. The van der Waals surface area contributed by atoms with E-state index in [1.807, 2.05) is 0 Å². The fraction of sp³-hybridized carbons (Fsp3) is 0.968. The highest BCUT2D eigenvalue weighted by Gasteiger charge is 2.41. The van der Waals surface area contributed by atoms with Gasteiger partial charge >= 0.3 is 0 Å². The van der Waals surface area contributed by atoms with Gasteiger partial charge in [0.05, 0.1) is 0 Å². The number of nitrogens with zero attached hydrogens (tertiary/aromatic N) is 1. The molecule has 0 aromatic heterocycles. The first kappa shape index (κ1) is 87.0. The maximum absolute atomic E-state index is 2.49. The second kappa shape index (κ2) is 40.8. The molecular formula is C62H145NSi. The maximum atomic E-state index is 2.49. The predicted molar refractivity (Wildman–Crippen MR) is 319 cm³/mol. The fourth-order valence-electron chi connectivity index (χ4n) is 6.75. The quantitative estimate of drug-likeness (QED) is 0.133. The summed E-state index contributed by atoms with van der Waals surface area (Å²) in [7, 11) is 1.55. The minimum Gasteiger partial charge on any atom is -0.296 e. The molecule has 0 unspecified atom stereocenters. The van der Waals surface area contributed by atoms with Crippen molar-refractivity contribution in [1.82, 2.24) is 4.90 Å². The van der Waals surface area contributed by atoms with Crippen LogP contribution in [0.4, 0.5) is 0 Å². The SMILES string of the molecule is C.C.C.C.C.C.CC(C)(C)CCC(C)(C)C.CC1(C)CC1.CC1(C)CCC(C)(C)C1.CC1=C(C)CC1.CCCC.CCCCCC.CCCC[Si](C)(C)C.CN1C(C)(C)CCC1(C)C. The molecule has 0 bridgehead atoms. The van der Waals surface area contributed by atoms with Crippen LogP contribution < -0.4 is 0 Å². The Kier molecular flexibility index (Phi) is 55.4. The number of allylic oxidation sites excluding steroid dienone is 2. The molecule has 0 aromatic carbocycles. The van der Waals surface area contributed by atoms with E-state index in [0.29, 0.717) is 32.7 Å². The summed E-state index contributed by atoms with van der Waals surface area (Å²) in [6, 6.07) is 1.50. The van der Waals surface area contributed by atoms with Crippen molar-refractivity contribution in [3.05, 3.63) is 11.1 Å². The van der Waals surface area contributed by atoms with Crippen LogP contribution >= 0.6 is 0 Å². The first-order valence-corrected chi connectivity index (χ1v) is 29.0. The molecular weight excluding hydrogens is 787 g/mol. The van der Waals surface area contributed by atoms with E-state index < -0.39 is 8.07 Å². The molecule has 4 rings (SSSR count). The van der Waals surface area contributed by atoms with Gasteiger partial charge in [-0.25, -0.2) is 0 Å². The average molecular weight is 933 g/mol. The maximum Gasteiger partial charge on any atom is 0.0442 e. The highest BCUT2D eigenvalue weighted by molar-refractivity contribution is 6.76. The van der Waals surface area contributed by atoms with E-state index in [2.05, 4.69) is 191 Å². The predicted octanol–water partition coefficient (Wildman–Crippen LogP) is 24.6. The lowest BCUT2D eigenvalue weighted by Gasteiger charge is -2.36. The van der Waals surface area contributed by atoms with E-state index in [1.54, 1.807) is 11.1 Å². The van der Waals surface area contributed by atoms with Gasteiger partial charge in [0.25, 0.3) is 0 Å². The molecule has 0 spiro atoms. The van der Waals surface area contributed by atoms with Gasteiger partial charge in [0.15, 0.2) is 0 Å². The first-order chi connectivity index (χ1) is 25.9. The van der Waals surface area contributed by atoms with Crippen molar-refractivity contribution in [3.8, 4) is 0 Å². The third-order valence-electron chi connectivity index (χ3n) is 12.8. The highest BCUT2D eigenvalue weighted by atomic mass is 28.3. The molecule has 1 nitrogen and oxygen atoms in total. The van der Waals surface area contributed by atoms with Gasteiger partial charge in [-0.3, -0.25) is 4.90 Å². The Morgan fingerprint density at radius 3 is 0.781 bits per heavy atom. The molecule has 3 aliphatic carbocycles. The Morgan fingerprint density at radius 2 is 0.703 bits per heavy atom. The molecule has 1 aliphatic heterocycles. The summed E-state index contributed by atoms with van der Waals surface area (Å²) in [6.45, 7) is 60.0. The minimum absolute atomic E-state index is 0. The minimum atomic E-state index is -0.678. The number of hydrogen-bond acceptors (Lipinski definition) is 1. The van der Waals surface area contributed by atoms with Crippen LogP contribution in [-0.2, 0) is 0 Å². The molecule has 402 valence electrons. The summed E-state index contributed by atoms with van der Waals surface area (Å²) in [4.78, 5) is 2.49. The molecule has 2 heteroatoms. The zero-order chi connectivity index (χ0) is 46.9. The van der Waals surface area contributed by atoms with Gasteiger partial charge in [-0.1, -0.05) is 250 Å². The van der Waals surface area contributed by atoms with Crippen molar-refractivity contribution in [2.75, 3.05) is 7.05 Å². The molecule has 3 fully saturated rings. The third-order valence-corrected chi connectivity index (χ3v) is 14.7. The van der Waals surface area contributed by atoms with Gasteiger partial charge in [-0.2, -0.15) is 0 Å². The number of unbranched alkanes of at least 4 members (excludes halogenated alkanes) is 5. The van der Waals surface area contributed by atoms with Crippen LogP contribution in [0.5, 0.6) is 0 Å². The van der Waals surface area contributed by atoms with Crippen molar-refractivity contribution >= 4 is 8.07 Å². The van der Waals surface area contributed by atoms with Crippen LogP contribution in [0.2, 0.25) is 25.7 Å². The fourth-order valence-corrected chi connectivity index (χ4v) is 8.16. The van der Waals surface area contributed by atoms with Crippen molar-refractivity contribution in [3.63, 3.8) is 0 Å². The van der Waals surface area contributed by atoms with Crippen molar-refractivity contribution in [2.24, 2.45) is 27.1 Å². The average Bonchev–Trinajstić information content (AvgIpc) is 3.66. The largest absolute Gasteiger partial charge is 0.296 e. The Morgan fingerprint density at radius 1 is 0.438 bits per heavy atom. The van der Waals surface area contributed by atoms with Crippen molar-refractivity contribution < 1.29 is 0 Å². The molecule has 0 radical (unpaired) electrons. The molecule has 2 saturated carbocycles. The van der Waals surface area contributed by atoms with Gasteiger partial charge < -0.3 is 0 Å². The molecule has 1 heterocycles. The lowest BCUT2D eigenvalue weighted by molar-refractivity contribution is 0.115. The van der Waals surface area contributed by atoms with Gasteiger partial charge in [0.1, 0.15) is 0 Å². The van der Waals surface area contributed by atoms with E-state index >= 15 is 0 Å². The monoisotopic (exact) mass is 932 g/mol. The van der Waals surface area contributed by atoms with Crippen LogP contribution in [0.25, 0.3) is 0 Å². The van der Waals surface area contributed by atoms with Crippen LogP contribution in [0, 0.1) is 27.1 Å². The smallest absolute Gasteiger partial charge is 0.0442 e. The van der Waals surface area contributed by atoms with E-state index in [4.69, 9.17) is 0 Å². The highest BCUT2D eigenvalue weighted by Crippen LogP contribution is 2.48. The zero-order valence-electron chi connectivity index (χ0n) is 46.6. The topological polar surface area (TPSA) is 3.24 Å². The van der Waals surface area contributed by atoms with Gasteiger partial charge in [0, 0.05) is 19.2 Å². The van der Waals surface area contributed by atoms with Gasteiger partial charge in [0.2, 0.25) is 0 Å². The van der Waals surface area contributed by atoms with Gasteiger partial charge in [-0.15, -0.1) is 0 Å². The Hall–Kier alpha value is -0.0831. The lowest BCUT2D eigenvalue weighted by atomic mass is 9.81. The molecule has 0 N–H and O–H groups in total.